The second-order valence-corrected chi connectivity index (χ2v) is 7.98. The number of ether oxygens (including phenoxy) is 2. The molecule has 2 N–H and O–H groups in total. The van der Waals surface area contributed by atoms with E-state index in [1.54, 1.807) is 6.07 Å². The van der Waals surface area contributed by atoms with E-state index in [0.29, 0.717) is 19.6 Å². The molecule has 0 unspecified atom stereocenters. The van der Waals surface area contributed by atoms with E-state index < -0.39 is 0 Å². The molecule has 7 heteroatoms. The number of likely N-dealkylation sites (tertiary alicyclic amines) is 1. The maximum atomic E-state index is 13.9. The van der Waals surface area contributed by atoms with Crippen LogP contribution in [-0.4, -0.2) is 56.9 Å². The van der Waals surface area contributed by atoms with Gasteiger partial charge in [0.05, 0.1) is 6.61 Å². The van der Waals surface area contributed by atoms with Crippen LogP contribution >= 0.6 is 0 Å². The van der Waals surface area contributed by atoms with Crippen molar-refractivity contribution in [3.63, 3.8) is 0 Å². The van der Waals surface area contributed by atoms with Crippen molar-refractivity contribution >= 4 is 5.96 Å². The Labute approximate surface area is 173 Å². The number of benzene rings is 1. The van der Waals surface area contributed by atoms with E-state index >= 15 is 0 Å². The van der Waals surface area contributed by atoms with E-state index in [2.05, 4.69) is 29.4 Å². The summed E-state index contributed by atoms with van der Waals surface area (Å²) in [6, 6.07) is 3.04. The third-order valence-electron chi connectivity index (χ3n) is 5.56. The predicted molar refractivity (Wildman–Crippen MR) is 114 cm³/mol. The smallest absolute Gasteiger partial charge is 0.191 e. The molecule has 3 rings (SSSR count). The molecular weight excluding hydrogens is 371 g/mol. The number of aliphatic imine (C=N–C) groups is 1. The average molecular weight is 407 g/mol. The molecule has 29 heavy (non-hydrogen) atoms. The Hall–Kier alpha value is -1.86. The van der Waals surface area contributed by atoms with E-state index in [9.17, 15) is 4.39 Å². The molecule has 0 bridgehead atoms. The molecule has 0 spiro atoms. The molecule has 6 nitrogen and oxygen atoms in total. The standard InChI is InChI=1S/C22H35FN4O2/c1-3-24-22(25-8-4-10-27-11-6-17(2)7-12-27)26-9-5-18-13-20(23)14-19-15-28-16-29-21(18)19/h13-14,17H,3-12,15-16H2,1-2H3,(H2,24,25,26). The molecule has 2 heterocycles. The van der Waals surface area contributed by atoms with Crippen molar-refractivity contribution in [1.82, 2.24) is 15.5 Å². The highest BCUT2D eigenvalue weighted by Gasteiger charge is 2.17. The van der Waals surface area contributed by atoms with Gasteiger partial charge in [-0.3, -0.25) is 4.99 Å². The van der Waals surface area contributed by atoms with Gasteiger partial charge in [0, 0.05) is 25.2 Å². The van der Waals surface area contributed by atoms with Gasteiger partial charge in [-0.25, -0.2) is 4.39 Å². The summed E-state index contributed by atoms with van der Waals surface area (Å²) in [5.41, 5.74) is 1.64. The van der Waals surface area contributed by atoms with Crippen LogP contribution in [0.5, 0.6) is 5.75 Å². The van der Waals surface area contributed by atoms with Crippen LogP contribution < -0.4 is 15.4 Å². The minimum Gasteiger partial charge on any atom is -0.467 e. The fourth-order valence-corrected chi connectivity index (χ4v) is 3.87. The van der Waals surface area contributed by atoms with Crippen LogP contribution in [0.2, 0.25) is 0 Å². The zero-order valence-corrected chi connectivity index (χ0v) is 17.8. The van der Waals surface area contributed by atoms with Crippen LogP contribution in [0.1, 0.15) is 44.2 Å². The lowest BCUT2D eigenvalue weighted by molar-refractivity contribution is -0.0172. The monoisotopic (exact) mass is 406 g/mol. The summed E-state index contributed by atoms with van der Waals surface area (Å²) in [6.45, 7) is 10.8. The zero-order chi connectivity index (χ0) is 20.5. The lowest BCUT2D eigenvalue weighted by Crippen LogP contribution is -2.38. The van der Waals surface area contributed by atoms with Crippen molar-refractivity contribution < 1.29 is 13.9 Å². The lowest BCUT2D eigenvalue weighted by Gasteiger charge is -2.29. The molecule has 0 atom stereocenters. The first-order chi connectivity index (χ1) is 14.2. The minimum atomic E-state index is -0.250. The fraction of sp³-hybridized carbons (Fsp3) is 0.682. The first kappa shape index (κ1) is 21.8. The number of halogens is 1. The summed E-state index contributed by atoms with van der Waals surface area (Å²) >= 11 is 0. The summed E-state index contributed by atoms with van der Waals surface area (Å²) in [4.78, 5) is 7.24. The number of guanidine groups is 1. The molecule has 1 fully saturated rings. The Kier molecular flexibility index (Phi) is 8.55. The molecule has 0 aromatic heterocycles. The molecule has 0 aliphatic carbocycles. The third kappa shape index (κ3) is 6.85. The normalized spacial score (nSPS) is 18.2. The maximum Gasteiger partial charge on any atom is 0.191 e. The second-order valence-electron chi connectivity index (χ2n) is 7.98. The average Bonchev–Trinajstić information content (AvgIpc) is 2.72. The first-order valence-electron chi connectivity index (χ1n) is 10.9. The number of hydrogen-bond donors (Lipinski definition) is 2. The zero-order valence-electron chi connectivity index (χ0n) is 17.8. The second kappa shape index (κ2) is 11.4. The molecule has 1 saturated heterocycles. The van der Waals surface area contributed by atoms with Crippen LogP contribution in [-0.2, 0) is 17.8 Å². The van der Waals surface area contributed by atoms with Gasteiger partial charge in [0.15, 0.2) is 12.8 Å². The van der Waals surface area contributed by atoms with Crippen molar-refractivity contribution in [2.24, 2.45) is 10.9 Å². The third-order valence-corrected chi connectivity index (χ3v) is 5.56. The number of nitrogens with zero attached hydrogens (tertiary/aromatic N) is 2. The van der Waals surface area contributed by atoms with Gasteiger partial charge in [-0.1, -0.05) is 6.92 Å². The molecule has 2 aliphatic rings. The topological polar surface area (TPSA) is 58.1 Å². The van der Waals surface area contributed by atoms with Gasteiger partial charge in [0.2, 0.25) is 0 Å². The van der Waals surface area contributed by atoms with Gasteiger partial charge in [-0.15, -0.1) is 0 Å². The highest BCUT2D eigenvalue weighted by atomic mass is 19.1. The van der Waals surface area contributed by atoms with Gasteiger partial charge in [0.25, 0.3) is 0 Å². The van der Waals surface area contributed by atoms with Gasteiger partial charge in [-0.2, -0.15) is 0 Å². The van der Waals surface area contributed by atoms with E-state index in [1.165, 1.54) is 32.0 Å². The minimum absolute atomic E-state index is 0.221. The van der Waals surface area contributed by atoms with Crippen molar-refractivity contribution in [2.75, 3.05) is 46.1 Å². The molecule has 1 aromatic carbocycles. The Bertz CT molecular complexity index is 675. The molecule has 0 radical (unpaired) electrons. The highest BCUT2D eigenvalue weighted by molar-refractivity contribution is 5.79. The fourth-order valence-electron chi connectivity index (χ4n) is 3.87. The SMILES string of the molecule is CCNC(=NCCCN1CCC(C)CC1)NCCc1cc(F)cc2c1OCOC2. The van der Waals surface area contributed by atoms with Crippen molar-refractivity contribution in [3.05, 3.63) is 29.1 Å². The number of hydrogen-bond acceptors (Lipinski definition) is 4. The number of rotatable bonds is 8. The molecule has 162 valence electrons. The highest BCUT2D eigenvalue weighted by Crippen LogP contribution is 2.29. The number of fused-ring (bicyclic) bond motifs is 1. The quantitative estimate of drug-likeness (QED) is 0.395. The van der Waals surface area contributed by atoms with Crippen molar-refractivity contribution in [1.29, 1.82) is 0 Å². The van der Waals surface area contributed by atoms with Crippen molar-refractivity contribution in [3.8, 4) is 5.75 Å². The summed E-state index contributed by atoms with van der Waals surface area (Å²) in [5.74, 6) is 2.20. The summed E-state index contributed by atoms with van der Waals surface area (Å²) < 4.78 is 24.7. The Morgan fingerprint density at radius 1 is 1.28 bits per heavy atom. The Morgan fingerprint density at radius 3 is 2.90 bits per heavy atom. The lowest BCUT2D eigenvalue weighted by atomic mass is 9.99. The summed E-state index contributed by atoms with van der Waals surface area (Å²) in [6.07, 6.45) is 4.35. The van der Waals surface area contributed by atoms with Crippen molar-refractivity contribution in [2.45, 2.75) is 46.1 Å². The molecular formula is C22H35FN4O2. The van der Waals surface area contributed by atoms with Crippen LogP contribution in [0.4, 0.5) is 4.39 Å². The van der Waals surface area contributed by atoms with Gasteiger partial charge >= 0.3 is 0 Å². The predicted octanol–water partition coefficient (Wildman–Crippen LogP) is 2.91. The number of nitrogens with one attached hydrogen (secondary N) is 2. The molecule has 2 aliphatic heterocycles. The Balaban J connectivity index is 1.44. The van der Waals surface area contributed by atoms with Crippen LogP contribution in [0, 0.1) is 11.7 Å². The van der Waals surface area contributed by atoms with E-state index in [1.807, 2.05) is 0 Å². The van der Waals surface area contributed by atoms with Crippen LogP contribution in [0.25, 0.3) is 0 Å². The molecule has 1 aromatic rings. The number of piperidine rings is 1. The molecule has 0 saturated carbocycles. The molecule has 0 amide bonds. The summed E-state index contributed by atoms with van der Waals surface area (Å²) in [7, 11) is 0. The van der Waals surface area contributed by atoms with Gasteiger partial charge < -0.3 is 25.0 Å². The van der Waals surface area contributed by atoms with Crippen LogP contribution in [0.15, 0.2) is 17.1 Å². The van der Waals surface area contributed by atoms with E-state index in [4.69, 9.17) is 14.5 Å². The van der Waals surface area contributed by atoms with Gasteiger partial charge in [0.1, 0.15) is 11.6 Å². The van der Waals surface area contributed by atoms with Gasteiger partial charge in [-0.05, 0) is 75.9 Å². The Morgan fingerprint density at radius 2 is 2.10 bits per heavy atom. The maximum absolute atomic E-state index is 13.9. The first-order valence-corrected chi connectivity index (χ1v) is 10.9. The summed E-state index contributed by atoms with van der Waals surface area (Å²) in [5, 5.41) is 6.64. The van der Waals surface area contributed by atoms with E-state index in [0.717, 1.165) is 54.8 Å². The van der Waals surface area contributed by atoms with Crippen LogP contribution in [0.3, 0.4) is 0 Å². The largest absolute Gasteiger partial charge is 0.467 e. The van der Waals surface area contributed by atoms with E-state index in [-0.39, 0.29) is 12.6 Å².